The van der Waals surface area contributed by atoms with Gasteiger partial charge in [-0.25, -0.2) is 17.9 Å². The lowest BCUT2D eigenvalue weighted by atomic mass is 10.0. The fourth-order valence-corrected chi connectivity index (χ4v) is 3.27. The first-order valence-electron chi connectivity index (χ1n) is 7.46. The van der Waals surface area contributed by atoms with Crippen LogP contribution in [0.4, 0.5) is 13.2 Å². The summed E-state index contributed by atoms with van der Waals surface area (Å²) < 4.78 is 69.6. The number of rotatable bonds is 5. The van der Waals surface area contributed by atoms with Crippen molar-refractivity contribution in [2.75, 3.05) is 7.11 Å². The number of methoxy groups -OCH3 is 1. The predicted molar refractivity (Wildman–Crippen MR) is 85.8 cm³/mol. The number of aromatic nitrogens is 1. The molecular formula is C15H11F3N4O5S. The van der Waals surface area contributed by atoms with Crippen LogP contribution >= 0.6 is 0 Å². The van der Waals surface area contributed by atoms with Gasteiger partial charge in [-0.3, -0.25) is 4.79 Å². The van der Waals surface area contributed by atoms with Gasteiger partial charge in [0.1, 0.15) is 11.4 Å². The summed E-state index contributed by atoms with van der Waals surface area (Å²) in [6.45, 7) is 0. The average Bonchev–Trinajstić information content (AvgIpc) is 3.31. The topological polar surface area (TPSA) is 130 Å². The number of aromatic amines is 1. The zero-order valence-electron chi connectivity index (χ0n) is 13.9. The first-order valence-corrected chi connectivity index (χ1v) is 8.94. The Morgan fingerprint density at radius 3 is 2.14 bits per heavy atom. The molecule has 1 aromatic heterocycles. The number of hydrogen-bond acceptors (Lipinski definition) is 7. The maximum absolute atomic E-state index is 13.0. The molecular weight excluding hydrogens is 405 g/mol. The summed E-state index contributed by atoms with van der Waals surface area (Å²) in [6, 6.07) is 6.02. The molecule has 2 heterocycles. The van der Waals surface area contributed by atoms with Gasteiger partial charge >= 0.3 is 17.8 Å². The number of nitrogens with one attached hydrogen (secondary N) is 2. The van der Waals surface area contributed by atoms with Gasteiger partial charge in [0, 0.05) is 5.56 Å². The van der Waals surface area contributed by atoms with Gasteiger partial charge in [-0.2, -0.15) is 13.2 Å². The van der Waals surface area contributed by atoms with Crippen molar-refractivity contribution in [2.45, 2.75) is 16.7 Å². The predicted octanol–water partition coefficient (Wildman–Crippen LogP) is 2.10. The molecule has 2 aromatic rings. The third kappa shape index (κ3) is 3.35. The van der Waals surface area contributed by atoms with Crippen LogP contribution < -0.4 is 4.72 Å². The highest BCUT2D eigenvalue weighted by molar-refractivity contribution is 7.90. The number of carbonyl (C=O) groups excluding carboxylic acids is 2. The minimum atomic E-state index is -4.74. The highest BCUT2D eigenvalue weighted by Crippen LogP contribution is 2.52. The molecule has 148 valence electrons. The number of esters is 1. The van der Waals surface area contributed by atoms with E-state index in [0.717, 1.165) is 31.4 Å². The van der Waals surface area contributed by atoms with Gasteiger partial charge in [-0.1, -0.05) is 12.1 Å². The smallest absolute Gasteiger partial charge is 0.442 e. The number of carbonyl (C=O) groups is 2. The van der Waals surface area contributed by atoms with Crippen molar-refractivity contribution in [1.29, 1.82) is 0 Å². The number of H-pyrrole nitrogens is 1. The van der Waals surface area contributed by atoms with Crippen LogP contribution in [0, 0.1) is 0 Å². The summed E-state index contributed by atoms with van der Waals surface area (Å²) in [7, 11) is -3.25. The van der Waals surface area contributed by atoms with Gasteiger partial charge in [-0.05, 0) is 24.3 Å². The van der Waals surface area contributed by atoms with E-state index in [4.69, 9.17) is 0 Å². The second kappa shape index (κ2) is 6.44. The fourth-order valence-electron chi connectivity index (χ4n) is 2.30. The van der Waals surface area contributed by atoms with E-state index in [2.05, 4.69) is 19.9 Å². The quantitative estimate of drug-likeness (QED) is 0.721. The minimum absolute atomic E-state index is 0.0659. The Morgan fingerprint density at radius 2 is 1.64 bits per heavy atom. The normalized spacial score (nSPS) is 15.1. The highest BCUT2D eigenvalue weighted by Gasteiger charge is 2.65. The fraction of sp³-hybridized carbons (Fsp3) is 0.200. The van der Waals surface area contributed by atoms with Crippen molar-refractivity contribution in [1.82, 2.24) is 9.71 Å². The third-order valence-electron chi connectivity index (χ3n) is 3.83. The molecule has 28 heavy (non-hydrogen) atoms. The standard InChI is InChI=1S/C15H11F3N4O5S/c1-27-13(24)11-7-6-10(19-11)12(23)20-28(25,26)9-4-2-8(3-5-9)14(21-22-14)15(16,17)18/h2-7,19H,1H3,(H,20,23). The van der Waals surface area contributed by atoms with Crippen LogP contribution in [-0.2, 0) is 20.4 Å². The zero-order chi connectivity index (χ0) is 20.7. The molecule has 1 aliphatic rings. The van der Waals surface area contributed by atoms with Crippen molar-refractivity contribution >= 4 is 21.9 Å². The van der Waals surface area contributed by atoms with Crippen molar-refractivity contribution < 1.29 is 35.9 Å². The Labute approximate surface area is 155 Å². The van der Waals surface area contributed by atoms with Crippen molar-refractivity contribution in [3.8, 4) is 0 Å². The Kier molecular flexibility index (Phi) is 4.49. The number of sulfonamides is 1. The number of amides is 1. The molecule has 0 fully saturated rings. The number of benzene rings is 1. The number of ether oxygens (including phenoxy) is 1. The Balaban J connectivity index is 1.77. The summed E-state index contributed by atoms with van der Waals surface area (Å²) in [6.07, 6.45) is -4.74. The zero-order valence-corrected chi connectivity index (χ0v) is 14.8. The van der Waals surface area contributed by atoms with E-state index in [-0.39, 0.29) is 17.0 Å². The molecule has 2 N–H and O–H groups in total. The van der Waals surface area contributed by atoms with E-state index in [1.165, 1.54) is 12.1 Å². The summed E-state index contributed by atoms with van der Waals surface area (Å²) in [4.78, 5) is 25.4. The van der Waals surface area contributed by atoms with Gasteiger partial charge in [0.05, 0.1) is 12.0 Å². The van der Waals surface area contributed by atoms with Crippen LogP contribution in [0.15, 0.2) is 51.5 Å². The van der Waals surface area contributed by atoms with Crippen molar-refractivity contribution in [2.24, 2.45) is 10.2 Å². The summed E-state index contributed by atoms with van der Waals surface area (Å²) in [5.41, 5.74) is -3.32. The SMILES string of the molecule is COC(=O)c1ccc(C(=O)NS(=O)(=O)c2ccc(C3(C(F)(F)F)N=N3)cc2)[nH]1. The molecule has 0 spiro atoms. The van der Waals surface area contributed by atoms with Gasteiger partial charge in [0.15, 0.2) is 0 Å². The molecule has 13 heteroatoms. The molecule has 0 bridgehead atoms. The molecule has 1 amide bonds. The Hall–Kier alpha value is -3.22. The van der Waals surface area contributed by atoms with E-state index >= 15 is 0 Å². The molecule has 3 rings (SSSR count). The molecule has 0 saturated carbocycles. The molecule has 1 aliphatic heterocycles. The lowest BCUT2D eigenvalue weighted by Gasteiger charge is -2.15. The number of hydrogen-bond donors (Lipinski definition) is 2. The Morgan fingerprint density at radius 1 is 1.07 bits per heavy atom. The van der Waals surface area contributed by atoms with E-state index in [9.17, 15) is 31.2 Å². The molecule has 0 atom stereocenters. The molecule has 0 radical (unpaired) electrons. The molecule has 9 nitrogen and oxygen atoms in total. The summed E-state index contributed by atoms with van der Waals surface area (Å²) >= 11 is 0. The summed E-state index contributed by atoms with van der Waals surface area (Å²) in [5.74, 6) is -1.83. The second-order valence-electron chi connectivity index (χ2n) is 5.61. The van der Waals surface area contributed by atoms with E-state index in [1.54, 1.807) is 4.72 Å². The molecule has 0 saturated heterocycles. The van der Waals surface area contributed by atoms with Crippen LogP contribution in [0.25, 0.3) is 0 Å². The first-order chi connectivity index (χ1) is 13.0. The van der Waals surface area contributed by atoms with Crippen LogP contribution in [0.2, 0.25) is 0 Å². The van der Waals surface area contributed by atoms with E-state index < -0.39 is 38.6 Å². The van der Waals surface area contributed by atoms with Crippen molar-refractivity contribution in [3.63, 3.8) is 0 Å². The van der Waals surface area contributed by atoms with Gasteiger partial charge in [0.2, 0.25) is 0 Å². The third-order valence-corrected chi connectivity index (χ3v) is 5.17. The lowest BCUT2D eigenvalue weighted by molar-refractivity contribution is -0.166. The maximum atomic E-state index is 13.0. The van der Waals surface area contributed by atoms with E-state index in [0.29, 0.717) is 0 Å². The van der Waals surface area contributed by atoms with Crippen LogP contribution in [0.5, 0.6) is 0 Å². The lowest BCUT2D eigenvalue weighted by Crippen LogP contribution is -2.32. The average molecular weight is 416 g/mol. The minimum Gasteiger partial charge on any atom is -0.464 e. The van der Waals surface area contributed by atoms with Crippen LogP contribution in [0.3, 0.4) is 0 Å². The molecule has 1 aromatic carbocycles. The monoisotopic (exact) mass is 416 g/mol. The molecule has 0 aliphatic carbocycles. The second-order valence-corrected chi connectivity index (χ2v) is 7.29. The van der Waals surface area contributed by atoms with Crippen molar-refractivity contribution in [3.05, 3.63) is 53.3 Å². The van der Waals surface area contributed by atoms with Crippen LogP contribution in [-0.4, -0.2) is 38.6 Å². The highest BCUT2D eigenvalue weighted by atomic mass is 32.2. The number of halogens is 3. The van der Waals surface area contributed by atoms with E-state index in [1.807, 2.05) is 0 Å². The van der Waals surface area contributed by atoms with Gasteiger partial charge < -0.3 is 9.72 Å². The molecule has 0 unspecified atom stereocenters. The first kappa shape index (κ1) is 19.5. The largest absolute Gasteiger partial charge is 0.464 e. The summed E-state index contributed by atoms with van der Waals surface area (Å²) in [5, 5.41) is 6.04. The number of alkyl halides is 3. The maximum Gasteiger partial charge on any atom is 0.442 e. The van der Waals surface area contributed by atoms with Gasteiger partial charge in [-0.15, -0.1) is 10.2 Å². The Bertz CT molecular complexity index is 1070. The number of nitrogens with zero attached hydrogens (tertiary/aromatic N) is 2. The van der Waals surface area contributed by atoms with Gasteiger partial charge in [0.25, 0.3) is 15.9 Å². The van der Waals surface area contributed by atoms with Crippen LogP contribution in [0.1, 0.15) is 26.5 Å².